The molecule has 0 bridgehead atoms. The third kappa shape index (κ3) is 2.94. The van der Waals surface area contributed by atoms with E-state index in [-0.39, 0.29) is 5.91 Å². The minimum Gasteiger partial charge on any atom is -0.397 e. The fourth-order valence-corrected chi connectivity index (χ4v) is 4.66. The molecule has 1 amide bonds. The highest BCUT2D eigenvalue weighted by Crippen LogP contribution is 2.32. The van der Waals surface area contributed by atoms with Crippen molar-refractivity contribution in [2.75, 3.05) is 16.8 Å². The van der Waals surface area contributed by atoms with E-state index >= 15 is 0 Å². The number of nitrogens with two attached hydrogens (primary N) is 1. The number of nitrogens with one attached hydrogen (secondary N) is 1. The van der Waals surface area contributed by atoms with Crippen LogP contribution in [-0.2, 0) is 12.2 Å². The lowest BCUT2D eigenvalue weighted by molar-refractivity contribution is 0.103. The molecule has 0 spiro atoms. The first kappa shape index (κ1) is 14.5. The number of hydrogen-bond donors (Lipinski definition) is 2. The normalized spacial score (nSPS) is 13.8. The van der Waals surface area contributed by atoms with Crippen molar-refractivity contribution in [3.63, 3.8) is 0 Å². The topological polar surface area (TPSA) is 55.1 Å². The van der Waals surface area contributed by atoms with Gasteiger partial charge in [-0.15, -0.1) is 11.3 Å². The molecule has 110 valence electrons. The summed E-state index contributed by atoms with van der Waals surface area (Å²) >= 11 is 3.54. The van der Waals surface area contributed by atoms with Crippen LogP contribution < -0.4 is 11.1 Å². The zero-order valence-electron chi connectivity index (χ0n) is 12.2. The second-order valence-electron chi connectivity index (χ2n) is 5.34. The van der Waals surface area contributed by atoms with E-state index in [1.54, 1.807) is 11.3 Å². The Morgan fingerprint density at radius 3 is 2.76 bits per heavy atom. The van der Waals surface area contributed by atoms with Gasteiger partial charge in [-0.1, -0.05) is 0 Å². The minimum atomic E-state index is -0.0608. The Balaban J connectivity index is 1.83. The number of rotatable bonds is 2. The van der Waals surface area contributed by atoms with Crippen molar-refractivity contribution < 1.29 is 4.79 Å². The Labute approximate surface area is 132 Å². The van der Waals surface area contributed by atoms with Gasteiger partial charge >= 0.3 is 0 Å². The minimum absolute atomic E-state index is 0.0608. The van der Waals surface area contributed by atoms with Crippen LogP contribution in [0.3, 0.4) is 0 Å². The van der Waals surface area contributed by atoms with E-state index < -0.39 is 0 Å². The highest BCUT2D eigenvalue weighted by atomic mass is 32.2. The Bertz CT molecular complexity index is 683. The molecule has 1 aromatic carbocycles. The van der Waals surface area contributed by atoms with Crippen LogP contribution in [0.5, 0.6) is 0 Å². The van der Waals surface area contributed by atoms with Crippen LogP contribution in [0.1, 0.15) is 31.2 Å². The smallest absolute Gasteiger partial charge is 0.265 e. The van der Waals surface area contributed by atoms with Gasteiger partial charge in [0.05, 0.1) is 16.3 Å². The van der Waals surface area contributed by atoms with Gasteiger partial charge in [0.1, 0.15) is 0 Å². The number of aryl methyl sites for hydroxylation is 3. The molecule has 3 N–H and O–H groups in total. The molecule has 5 heteroatoms. The molecule has 1 aromatic heterocycles. The fourth-order valence-electron chi connectivity index (χ4n) is 2.39. The van der Waals surface area contributed by atoms with Crippen LogP contribution in [0.25, 0.3) is 0 Å². The summed E-state index contributed by atoms with van der Waals surface area (Å²) < 4.78 is 0. The van der Waals surface area contributed by atoms with Crippen molar-refractivity contribution in [2.45, 2.75) is 26.0 Å². The number of fused-ring (bicyclic) bond motifs is 1. The Morgan fingerprint density at radius 2 is 2.00 bits per heavy atom. The van der Waals surface area contributed by atoms with Crippen molar-refractivity contribution in [1.29, 1.82) is 0 Å². The molecule has 1 aliphatic rings. The van der Waals surface area contributed by atoms with Gasteiger partial charge in [0.15, 0.2) is 0 Å². The van der Waals surface area contributed by atoms with E-state index in [9.17, 15) is 4.79 Å². The monoisotopic (exact) mass is 318 g/mol. The van der Waals surface area contributed by atoms with Crippen molar-refractivity contribution in [1.82, 2.24) is 0 Å². The largest absolute Gasteiger partial charge is 0.397 e. The van der Waals surface area contributed by atoms with Crippen molar-refractivity contribution >= 4 is 40.4 Å². The van der Waals surface area contributed by atoms with Crippen LogP contribution in [0, 0.1) is 13.8 Å². The molecule has 0 unspecified atom stereocenters. The van der Waals surface area contributed by atoms with Crippen LogP contribution >= 0.6 is 23.1 Å². The molecule has 0 radical (unpaired) electrons. The van der Waals surface area contributed by atoms with Gasteiger partial charge in [-0.05, 0) is 60.9 Å². The summed E-state index contributed by atoms with van der Waals surface area (Å²) in [5.41, 5.74) is 10.9. The molecule has 2 heterocycles. The molecule has 0 saturated heterocycles. The maximum absolute atomic E-state index is 12.4. The second kappa shape index (κ2) is 5.73. The number of anilines is 2. The molecule has 21 heavy (non-hydrogen) atoms. The zero-order valence-corrected chi connectivity index (χ0v) is 13.8. The summed E-state index contributed by atoms with van der Waals surface area (Å²) in [6.07, 6.45) is 1.07. The standard InChI is InChI=1S/C16H18N2OS2/c1-9-5-12(17)13(6-10(9)2)18-16(19)15-7-11-8-20-4-3-14(11)21-15/h5-7H,3-4,8,17H2,1-2H3,(H,18,19). The van der Waals surface area contributed by atoms with Crippen LogP contribution in [0.15, 0.2) is 18.2 Å². The van der Waals surface area contributed by atoms with E-state index in [0.29, 0.717) is 11.4 Å². The molecular weight excluding hydrogens is 300 g/mol. The number of carbonyl (C=O) groups excluding carboxylic acids is 1. The van der Waals surface area contributed by atoms with Crippen LogP contribution in [0.2, 0.25) is 0 Å². The van der Waals surface area contributed by atoms with Crippen LogP contribution in [0.4, 0.5) is 11.4 Å². The van der Waals surface area contributed by atoms with E-state index in [1.807, 2.05) is 43.8 Å². The number of nitrogen functional groups attached to an aromatic ring is 1. The van der Waals surface area contributed by atoms with Gasteiger partial charge < -0.3 is 11.1 Å². The third-order valence-corrected chi connectivity index (χ3v) is 6.01. The van der Waals surface area contributed by atoms with Gasteiger partial charge in [0.25, 0.3) is 5.91 Å². The molecule has 0 atom stereocenters. The maximum atomic E-state index is 12.4. The van der Waals surface area contributed by atoms with Crippen molar-refractivity contribution in [2.24, 2.45) is 0 Å². The molecule has 0 saturated carbocycles. The zero-order chi connectivity index (χ0) is 15.0. The SMILES string of the molecule is Cc1cc(N)c(NC(=O)c2cc3c(s2)CCSC3)cc1C. The quantitative estimate of drug-likeness (QED) is 0.823. The van der Waals surface area contributed by atoms with Gasteiger partial charge in [-0.3, -0.25) is 4.79 Å². The van der Waals surface area contributed by atoms with Gasteiger partial charge in [-0.25, -0.2) is 0 Å². The summed E-state index contributed by atoms with van der Waals surface area (Å²) in [6, 6.07) is 5.87. The average Bonchev–Trinajstić information content (AvgIpc) is 2.88. The Kier molecular flexibility index (Phi) is 3.95. The van der Waals surface area contributed by atoms with E-state index in [2.05, 4.69) is 5.32 Å². The summed E-state index contributed by atoms with van der Waals surface area (Å²) in [5.74, 6) is 2.11. The number of amides is 1. The second-order valence-corrected chi connectivity index (χ2v) is 7.58. The first-order chi connectivity index (χ1) is 10.0. The lowest BCUT2D eigenvalue weighted by Crippen LogP contribution is -2.12. The average molecular weight is 318 g/mol. The van der Waals surface area contributed by atoms with E-state index in [4.69, 9.17) is 5.73 Å². The predicted octanol–water partition coefficient (Wildman–Crippen LogP) is 3.99. The number of carbonyl (C=O) groups is 1. The summed E-state index contributed by atoms with van der Waals surface area (Å²) in [6.45, 7) is 4.04. The molecule has 2 aromatic rings. The summed E-state index contributed by atoms with van der Waals surface area (Å²) in [4.78, 5) is 14.5. The molecule has 1 aliphatic heterocycles. The van der Waals surface area contributed by atoms with Crippen molar-refractivity contribution in [3.05, 3.63) is 44.6 Å². The van der Waals surface area contributed by atoms with E-state index in [0.717, 1.165) is 33.9 Å². The van der Waals surface area contributed by atoms with Gasteiger partial charge in [-0.2, -0.15) is 11.8 Å². The molecule has 3 rings (SSSR count). The maximum Gasteiger partial charge on any atom is 0.265 e. The summed E-state index contributed by atoms with van der Waals surface area (Å²) in [5, 5.41) is 2.94. The lowest BCUT2D eigenvalue weighted by Gasteiger charge is -2.10. The fraction of sp³-hybridized carbons (Fsp3) is 0.312. The first-order valence-corrected chi connectivity index (χ1v) is 8.89. The Morgan fingerprint density at radius 1 is 1.24 bits per heavy atom. The number of hydrogen-bond acceptors (Lipinski definition) is 4. The molecule has 0 fully saturated rings. The highest BCUT2D eigenvalue weighted by Gasteiger charge is 2.18. The number of thiophene rings is 1. The van der Waals surface area contributed by atoms with Crippen LogP contribution in [-0.4, -0.2) is 11.7 Å². The summed E-state index contributed by atoms with van der Waals surface area (Å²) in [7, 11) is 0. The first-order valence-electron chi connectivity index (χ1n) is 6.92. The van der Waals surface area contributed by atoms with E-state index in [1.165, 1.54) is 10.4 Å². The molecule has 3 nitrogen and oxygen atoms in total. The molecule has 0 aliphatic carbocycles. The molecular formula is C16H18N2OS2. The van der Waals surface area contributed by atoms with Crippen molar-refractivity contribution in [3.8, 4) is 0 Å². The predicted molar refractivity (Wildman–Crippen MR) is 92.5 cm³/mol. The van der Waals surface area contributed by atoms with Gasteiger partial charge in [0.2, 0.25) is 0 Å². The van der Waals surface area contributed by atoms with Gasteiger partial charge in [0, 0.05) is 10.6 Å². The third-order valence-electron chi connectivity index (χ3n) is 3.77. The number of thioether (sulfide) groups is 1. The number of benzene rings is 1. The highest BCUT2D eigenvalue weighted by molar-refractivity contribution is 7.98. The lowest BCUT2D eigenvalue weighted by atomic mass is 10.1. The Hall–Kier alpha value is -1.46.